The third kappa shape index (κ3) is 3.05. The monoisotopic (exact) mass is 428 g/mol. The van der Waals surface area contributed by atoms with E-state index in [9.17, 15) is 4.39 Å². The Morgan fingerprint density at radius 3 is 2.94 bits per heavy atom. The number of H-pyrrole nitrogens is 1. The molecule has 5 aromatic rings. The number of fused-ring (bicyclic) bond motifs is 4. The first-order valence-electron chi connectivity index (χ1n) is 10.6. The van der Waals surface area contributed by atoms with Crippen molar-refractivity contribution in [1.82, 2.24) is 29.5 Å². The average molecular weight is 428 g/mol. The maximum atomic E-state index is 13.8. The van der Waals surface area contributed by atoms with E-state index in [4.69, 9.17) is 4.98 Å². The second-order valence-corrected chi connectivity index (χ2v) is 8.02. The summed E-state index contributed by atoms with van der Waals surface area (Å²) < 4.78 is 15.5. The summed E-state index contributed by atoms with van der Waals surface area (Å²) in [6.45, 7) is 0. The van der Waals surface area contributed by atoms with Crippen molar-refractivity contribution < 1.29 is 4.39 Å². The molecule has 0 radical (unpaired) electrons. The summed E-state index contributed by atoms with van der Waals surface area (Å²) in [5.41, 5.74) is 5.73. The van der Waals surface area contributed by atoms with Gasteiger partial charge in [-0.15, -0.1) is 0 Å². The maximum absolute atomic E-state index is 13.8. The topological polar surface area (TPSA) is 95.8 Å². The van der Waals surface area contributed by atoms with E-state index >= 15 is 0 Å². The van der Waals surface area contributed by atoms with Gasteiger partial charge in [0.1, 0.15) is 5.82 Å². The number of halogens is 1. The van der Waals surface area contributed by atoms with Crippen molar-refractivity contribution in [2.75, 3.05) is 17.7 Å². The van der Waals surface area contributed by atoms with E-state index in [1.165, 1.54) is 34.4 Å². The van der Waals surface area contributed by atoms with Gasteiger partial charge in [0.2, 0.25) is 5.95 Å². The van der Waals surface area contributed by atoms with Crippen LogP contribution in [0.3, 0.4) is 0 Å². The van der Waals surface area contributed by atoms with Crippen molar-refractivity contribution in [2.24, 2.45) is 0 Å². The predicted octanol–water partition coefficient (Wildman–Crippen LogP) is 3.82. The molecule has 0 fully saturated rings. The molecule has 4 heterocycles. The van der Waals surface area contributed by atoms with Crippen LogP contribution in [0.1, 0.15) is 17.7 Å². The van der Waals surface area contributed by atoms with E-state index in [1.54, 1.807) is 16.9 Å². The molecule has 32 heavy (non-hydrogen) atoms. The van der Waals surface area contributed by atoms with Gasteiger partial charge < -0.3 is 15.6 Å². The fourth-order valence-corrected chi connectivity index (χ4v) is 4.49. The molecule has 0 saturated heterocycles. The summed E-state index contributed by atoms with van der Waals surface area (Å²) in [4.78, 5) is 16.8. The summed E-state index contributed by atoms with van der Waals surface area (Å²) in [6, 6.07) is 9.97. The first-order valence-corrected chi connectivity index (χ1v) is 10.6. The van der Waals surface area contributed by atoms with Gasteiger partial charge in [-0.2, -0.15) is 14.6 Å². The quantitative estimate of drug-likeness (QED) is 0.403. The summed E-state index contributed by atoms with van der Waals surface area (Å²) in [5.74, 6) is 0.540. The number of pyridine rings is 1. The highest BCUT2D eigenvalue weighted by Crippen LogP contribution is 2.31. The summed E-state index contributed by atoms with van der Waals surface area (Å²) in [6.07, 6.45) is 7.23. The van der Waals surface area contributed by atoms with Gasteiger partial charge in [0.05, 0.1) is 18.1 Å². The summed E-state index contributed by atoms with van der Waals surface area (Å²) in [5, 5.41) is 12.4. The number of aromatic nitrogens is 6. The molecule has 0 aliphatic heterocycles. The SMILES string of the molecule is CNc1cnn2c(N[C@@H]3CCc4[nH]c5ccccc5c4C3)nc(-c3cncc(F)c3)nc12. The molecule has 0 spiro atoms. The van der Waals surface area contributed by atoms with Crippen LogP contribution in [-0.4, -0.2) is 42.6 Å². The molecule has 0 amide bonds. The van der Waals surface area contributed by atoms with Gasteiger partial charge >= 0.3 is 0 Å². The van der Waals surface area contributed by atoms with E-state index in [1.807, 2.05) is 7.05 Å². The van der Waals surface area contributed by atoms with Crippen LogP contribution in [0, 0.1) is 5.82 Å². The van der Waals surface area contributed by atoms with Crippen LogP contribution in [0.4, 0.5) is 16.0 Å². The molecule has 3 N–H and O–H groups in total. The second kappa shape index (κ2) is 7.30. The van der Waals surface area contributed by atoms with E-state index in [0.29, 0.717) is 23.0 Å². The highest BCUT2D eigenvalue weighted by molar-refractivity contribution is 5.85. The third-order valence-electron chi connectivity index (χ3n) is 6.03. The van der Waals surface area contributed by atoms with Gasteiger partial charge in [-0.3, -0.25) is 4.98 Å². The number of hydrogen-bond acceptors (Lipinski definition) is 6. The Morgan fingerprint density at radius 1 is 1.16 bits per heavy atom. The van der Waals surface area contributed by atoms with Crippen LogP contribution in [-0.2, 0) is 12.8 Å². The fourth-order valence-electron chi connectivity index (χ4n) is 4.49. The molecule has 160 valence electrons. The molecule has 0 bridgehead atoms. The van der Waals surface area contributed by atoms with Crippen LogP contribution < -0.4 is 10.6 Å². The molecule has 8 nitrogen and oxygen atoms in total. The van der Waals surface area contributed by atoms with Gasteiger partial charge in [-0.05, 0) is 37.0 Å². The number of aryl methyl sites for hydroxylation is 1. The van der Waals surface area contributed by atoms with Crippen molar-refractivity contribution in [1.29, 1.82) is 0 Å². The number of hydrogen-bond donors (Lipinski definition) is 3. The normalized spacial score (nSPS) is 15.8. The Morgan fingerprint density at radius 2 is 2.06 bits per heavy atom. The lowest BCUT2D eigenvalue weighted by molar-refractivity contribution is 0.599. The number of para-hydroxylation sites is 1. The maximum Gasteiger partial charge on any atom is 0.228 e. The van der Waals surface area contributed by atoms with Crippen molar-refractivity contribution in [3.8, 4) is 11.4 Å². The minimum Gasteiger partial charge on any atom is -0.384 e. The van der Waals surface area contributed by atoms with Gasteiger partial charge in [0.25, 0.3) is 0 Å². The van der Waals surface area contributed by atoms with Crippen LogP contribution in [0.25, 0.3) is 27.9 Å². The molecule has 0 saturated carbocycles. The van der Waals surface area contributed by atoms with Crippen LogP contribution in [0.5, 0.6) is 0 Å². The Labute approximate surface area is 182 Å². The lowest BCUT2D eigenvalue weighted by Gasteiger charge is -2.24. The number of nitrogens with one attached hydrogen (secondary N) is 3. The first-order chi connectivity index (χ1) is 15.7. The molecule has 0 unspecified atom stereocenters. The summed E-state index contributed by atoms with van der Waals surface area (Å²) >= 11 is 0. The molecule has 6 rings (SSSR count). The Bertz CT molecular complexity index is 1450. The highest BCUT2D eigenvalue weighted by atomic mass is 19.1. The van der Waals surface area contributed by atoms with Gasteiger partial charge in [-0.1, -0.05) is 18.2 Å². The number of aromatic amines is 1. The van der Waals surface area contributed by atoms with Crippen LogP contribution in [0.15, 0.2) is 48.9 Å². The molecule has 4 aromatic heterocycles. The largest absolute Gasteiger partial charge is 0.384 e. The van der Waals surface area contributed by atoms with Crippen molar-refractivity contribution in [3.63, 3.8) is 0 Å². The van der Waals surface area contributed by atoms with Crippen LogP contribution in [0.2, 0.25) is 0 Å². The molecular weight excluding hydrogens is 407 g/mol. The number of rotatable bonds is 4. The minimum atomic E-state index is -0.429. The number of nitrogens with zero attached hydrogens (tertiary/aromatic N) is 5. The number of anilines is 2. The van der Waals surface area contributed by atoms with Crippen LogP contribution >= 0.6 is 0 Å². The first kappa shape index (κ1) is 18.7. The smallest absolute Gasteiger partial charge is 0.228 e. The van der Waals surface area contributed by atoms with Gasteiger partial charge in [-0.25, -0.2) is 9.37 Å². The Balaban J connectivity index is 1.40. The van der Waals surface area contributed by atoms with E-state index in [-0.39, 0.29) is 6.04 Å². The molecule has 1 atom stereocenters. The van der Waals surface area contributed by atoms with Gasteiger partial charge in [0, 0.05) is 41.4 Å². The van der Waals surface area contributed by atoms with Crippen molar-refractivity contribution >= 4 is 28.2 Å². The van der Waals surface area contributed by atoms with Gasteiger partial charge in [0.15, 0.2) is 11.5 Å². The molecule has 1 aliphatic rings. The van der Waals surface area contributed by atoms with E-state index in [0.717, 1.165) is 24.9 Å². The second-order valence-electron chi connectivity index (χ2n) is 8.02. The van der Waals surface area contributed by atoms with E-state index in [2.05, 4.69) is 54.9 Å². The standard InChI is InChI=1S/C23H21FN8/c1-25-20-12-27-32-22(20)30-21(13-8-14(24)11-26-10-13)31-23(32)28-15-6-7-19-17(9-15)16-4-2-3-5-18(16)29-19/h2-5,8,10-12,15,25,29H,6-7,9H2,1H3,(H,28,30,31)/t15-/m1/s1. The molecule has 1 aromatic carbocycles. The zero-order valence-corrected chi connectivity index (χ0v) is 17.4. The Hall–Kier alpha value is -4.01. The highest BCUT2D eigenvalue weighted by Gasteiger charge is 2.24. The minimum absolute atomic E-state index is 0.181. The van der Waals surface area contributed by atoms with Crippen molar-refractivity contribution in [3.05, 3.63) is 66.0 Å². The lowest BCUT2D eigenvalue weighted by atomic mass is 9.91. The van der Waals surface area contributed by atoms with Crippen molar-refractivity contribution in [2.45, 2.75) is 25.3 Å². The fraction of sp³-hybridized carbons (Fsp3) is 0.217. The predicted molar refractivity (Wildman–Crippen MR) is 121 cm³/mol. The third-order valence-corrected chi connectivity index (χ3v) is 6.03. The molecule has 1 aliphatic carbocycles. The Kier molecular flexibility index (Phi) is 4.27. The van der Waals surface area contributed by atoms with E-state index < -0.39 is 5.82 Å². The summed E-state index contributed by atoms with van der Waals surface area (Å²) in [7, 11) is 1.81. The lowest BCUT2D eigenvalue weighted by Crippen LogP contribution is -2.29. The number of benzene rings is 1. The molecule has 9 heteroatoms. The zero-order valence-electron chi connectivity index (χ0n) is 17.4. The average Bonchev–Trinajstić information content (AvgIpc) is 3.40. The molecular formula is C23H21FN8. The zero-order chi connectivity index (χ0) is 21.7.